The molecule has 118 valence electrons. The fourth-order valence-electron chi connectivity index (χ4n) is 2.02. The maximum absolute atomic E-state index is 11.9. The number of nitrogens with one attached hydrogen (secondary N) is 2. The molecule has 0 saturated heterocycles. The molecular formula is C16H32N2O2. The first kappa shape index (κ1) is 19.1. The molecule has 0 saturated carbocycles. The smallest absolute Gasteiger partial charge is 0.216 e. The van der Waals surface area contributed by atoms with Crippen molar-refractivity contribution >= 4 is 11.7 Å². The van der Waals surface area contributed by atoms with Crippen LogP contribution in [0.2, 0.25) is 0 Å². The van der Waals surface area contributed by atoms with Gasteiger partial charge in [0.2, 0.25) is 5.91 Å². The first-order valence-corrected chi connectivity index (χ1v) is 7.83. The maximum atomic E-state index is 11.9. The minimum atomic E-state index is 0.0259. The number of carbonyl (C=O) groups is 2. The van der Waals surface area contributed by atoms with Gasteiger partial charge in [0.25, 0.3) is 0 Å². The fourth-order valence-corrected chi connectivity index (χ4v) is 2.02. The van der Waals surface area contributed by atoms with Crippen LogP contribution < -0.4 is 10.6 Å². The Morgan fingerprint density at radius 1 is 1.05 bits per heavy atom. The van der Waals surface area contributed by atoms with Gasteiger partial charge in [-0.3, -0.25) is 9.59 Å². The summed E-state index contributed by atoms with van der Waals surface area (Å²) in [4.78, 5) is 22.7. The van der Waals surface area contributed by atoms with Gasteiger partial charge in [-0.2, -0.15) is 0 Å². The number of amides is 1. The summed E-state index contributed by atoms with van der Waals surface area (Å²) in [5, 5.41) is 6.23. The molecule has 0 aromatic rings. The number of hydrogen-bond donors (Lipinski definition) is 2. The van der Waals surface area contributed by atoms with Gasteiger partial charge >= 0.3 is 0 Å². The van der Waals surface area contributed by atoms with Crippen LogP contribution in [0.5, 0.6) is 0 Å². The van der Waals surface area contributed by atoms with Crippen molar-refractivity contribution in [3.63, 3.8) is 0 Å². The Kier molecular flexibility index (Phi) is 10.3. The molecule has 0 unspecified atom stereocenters. The average molecular weight is 284 g/mol. The standard InChI is InChI=1S/C16H32N2O2/c1-12(2)16(20)10-15(11-18-13(3)4)8-6-7-9-17-14(5)19/h12-13,15,18H,6-11H2,1-5H3,(H,17,19)/t15-/m1/s1. The normalized spacial score (nSPS) is 12.8. The minimum absolute atomic E-state index is 0.0259. The highest BCUT2D eigenvalue weighted by molar-refractivity contribution is 5.80. The zero-order chi connectivity index (χ0) is 15.5. The first-order chi connectivity index (χ1) is 9.32. The van der Waals surface area contributed by atoms with Crippen LogP contribution in [0.25, 0.3) is 0 Å². The summed E-state index contributed by atoms with van der Waals surface area (Å²) in [7, 11) is 0. The predicted octanol–water partition coefficient (Wildman–Crippen LogP) is 2.52. The number of Topliss-reactive ketones (excluding diaryl/α,β-unsaturated/α-hetero) is 1. The van der Waals surface area contributed by atoms with E-state index in [1.54, 1.807) is 0 Å². The third-order valence-electron chi connectivity index (χ3n) is 3.36. The lowest BCUT2D eigenvalue weighted by Crippen LogP contribution is -2.31. The summed E-state index contributed by atoms with van der Waals surface area (Å²) in [6.07, 6.45) is 3.74. The lowest BCUT2D eigenvalue weighted by molar-refractivity contribution is -0.123. The Bertz CT molecular complexity index is 288. The van der Waals surface area contributed by atoms with E-state index in [0.717, 1.165) is 32.4 Å². The first-order valence-electron chi connectivity index (χ1n) is 7.83. The number of rotatable bonds is 11. The quantitative estimate of drug-likeness (QED) is 0.573. The topological polar surface area (TPSA) is 58.2 Å². The van der Waals surface area contributed by atoms with Crippen LogP contribution in [0.4, 0.5) is 0 Å². The lowest BCUT2D eigenvalue weighted by atomic mass is 9.92. The van der Waals surface area contributed by atoms with E-state index >= 15 is 0 Å². The van der Waals surface area contributed by atoms with E-state index in [-0.39, 0.29) is 11.8 Å². The molecule has 1 atom stereocenters. The van der Waals surface area contributed by atoms with Crippen molar-refractivity contribution in [3.8, 4) is 0 Å². The molecule has 0 aromatic carbocycles. The molecule has 0 heterocycles. The molecule has 2 N–H and O–H groups in total. The minimum Gasteiger partial charge on any atom is -0.356 e. The largest absolute Gasteiger partial charge is 0.356 e. The van der Waals surface area contributed by atoms with Gasteiger partial charge in [0, 0.05) is 31.8 Å². The van der Waals surface area contributed by atoms with E-state index in [1.165, 1.54) is 6.92 Å². The van der Waals surface area contributed by atoms with Gasteiger partial charge in [-0.1, -0.05) is 34.1 Å². The fraction of sp³-hybridized carbons (Fsp3) is 0.875. The van der Waals surface area contributed by atoms with Crippen LogP contribution in [0.15, 0.2) is 0 Å². The summed E-state index contributed by atoms with van der Waals surface area (Å²) < 4.78 is 0. The van der Waals surface area contributed by atoms with E-state index < -0.39 is 0 Å². The summed E-state index contributed by atoms with van der Waals surface area (Å²) in [6.45, 7) is 11.3. The van der Waals surface area contributed by atoms with Crippen LogP contribution in [-0.2, 0) is 9.59 Å². The van der Waals surface area contributed by atoms with E-state index in [1.807, 2.05) is 13.8 Å². The van der Waals surface area contributed by atoms with Crippen LogP contribution >= 0.6 is 0 Å². The van der Waals surface area contributed by atoms with Crippen LogP contribution in [-0.4, -0.2) is 30.8 Å². The molecule has 0 fully saturated rings. The second-order valence-corrected chi connectivity index (χ2v) is 6.23. The molecule has 0 bridgehead atoms. The van der Waals surface area contributed by atoms with Crippen LogP contribution in [0, 0.1) is 11.8 Å². The van der Waals surface area contributed by atoms with Gasteiger partial charge < -0.3 is 10.6 Å². The third-order valence-corrected chi connectivity index (χ3v) is 3.36. The van der Waals surface area contributed by atoms with Crippen molar-refractivity contribution in [3.05, 3.63) is 0 Å². The number of ketones is 1. The highest BCUT2D eigenvalue weighted by Crippen LogP contribution is 2.15. The number of unbranched alkanes of at least 4 members (excludes halogenated alkanes) is 1. The van der Waals surface area contributed by atoms with Crippen LogP contribution in [0.1, 0.15) is 60.3 Å². The highest BCUT2D eigenvalue weighted by atomic mass is 16.1. The Balaban J connectivity index is 4.04. The zero-order valence-corrected chi connectivity index (χ0v) is 13.8. The molecule has 0 aliphatic carbocycles. The maximum Gasteiger partial charge on any atom is 0.216 e. The van der Waals surface area contributed by atoms with Gasteiger partial charge in [0.05, 0.1) is 0 Å². The zero-order valence-electron chi connectivity index (χ0n) is 13.8. The van der Waals surface area contributed by atoms with E-state index in [9.17, 15) is 9.59 Å². The number of carbonyl (C=O) groups excluding carboxylic acids is 2. The number of hydrogen-bond acceptors (Lipinski definition) is 3. The summed E-state index contributed by atoms with van der Waals surface area (Å²) in [6, 6.07) is 0.450. The summed E-state index contributed by atoms with van der Waals surface area (Å²) in [5.41, 5.74) is 0. The van der Waals surface area contributed by atoms with Crippen molar-refractivity contribution < 1.29 is 9.59 Å². The second kappa shape index (κ2) is 10.8. The predicted molar refractivity (Wildman–Crippen MR) is 83.6 cm³/mol. The molecule has 0 aliphatic rings. The Morgan fingerprint density at radius 3 is 2.20 bits per heavy atom. The monoisotopic (exact) mass is 284 g/mol. The molecule has 0 aromatic heterocycles. The molecular weight excluding hydrogens is 252 g/mol. The Labute approximate surface area is 124 Å². The third kappa shape index (κ3) is 11.0. The van der Waals surface area contributed by atoms with Crippen molar-refractivity contribution in [2.24, 2.45) is 11.8 Å². The van der Waals surface area contributed by atoms with E-state index in [2.05, 4.69) is 24.5 Å². The molecule has 20 heavy (non-hydrogen) atoms. The van der Waals surface area contributed by atoms with Gasteiger partial charge in [-0.05, 0) is 25.3 Å². The van der Waals surface area contributed by atoms with Crippen molar-refractivity contribution in [2.75, 3.05) is 13.1 Å². The van der Waals surface area contributed by atoms with E-state index in [0.29, 0.717) is 24.2 Å². The Hall–Kier alpha value is -0.900. The molecule has 4 nitrogen and oxygen atoms in total. The lowest BCUT2D eigenvalue weighted by Gasteiger charge is -2.19. The van der Waals surface area contributed by atoms with Gasteiger partial charge in [-0.15, -0.1) is 0 Å². The molecule has 1 amide bonds. The van der Waals surface area contributed by atoms with Gasteiger partial charge in [0.15, 0.2) is 0 Å². The average Bonchev–Trinajstić information content (AvgIpc) is 2.34. The molecule has 4 heteroatoms. The van der Waals surface area contributed by atoms with Crippen molar-refractivity contribution in [1.29, 1.82) is 0 Å². The summed E-state index contributed by atoms with van der Waals surface area (Å²) >= 11 is 0. The highest BCUT2D eigenvalue weighted by Gasteiger charge is 2.16. The van der Waals surface area contributed by atoms with E-state index in [4.69, 9.17) is 0 Å². The molecule has 0 radical (unpaired) electrons. The second-order valence-electron chi connectivity index (χ2n) is 6.23. The Morgan fingerprint density at radius 2 is 1.70 bits per heavy atom. The molecule has 0 rings (SSSR count). The molecule has 0 spiro atoms. The van der Waals surface area contributed by atoms with Crippen LogP contribution in [0.3, 0.4) is 0 Å². The van der Waals surface area contributed by atoms with Crippen molar-refractivity contribution in [2.45, 2.75) is 66.3 Å². The van der Waals surface area contributed by atoms with Crippen molar-refractivity contribution in [1.82, 2.24) is 10.6 Å². The SMILES string of the molecule is CC(=O)NCCCC[C@@H](CNC(C)C)CC(=O)C(C)C. The molecule has 0 aliphatic heterocycles. The van der Waals surface area contributed by atoms with Gasteiger partial charge in [0.1, 0.15) is 5.78 Å². The van der Waals surface area contributed by atoms with Gasteiger partial charge in [-0.25, -0.2) is 0 Å². The summed E-state index contributed by atoms with van der Waals surface area (Å²) in [5.74, 6) is 0.904.